The molecular formula is C16H20N2O3. The second kappa shape index (κ2) is 6.41. The lowest BCUT2D eigenvalue weighted by Gasteiger charge is -2.26. The number of ether oxygens (including phenoxy) is 1. The van der Waals surface area contributed by atoms with Crippen LogP contribution in [0.15, 0.2) is 36.4 Å². The van der Waals surface area contributed by atoms with Gasteiger partial charge in [0, 0.05) is 25.3 Å². The van der Waals surface area contributed by atoms with Crippen LogP contribution in [-0.2, 0) is 11.3 Å². The predicted molar refractivity (Wildman–Crippen MR) is 79.5 cm³/mol. The second-order valence-electron chi connectivity index (χ2n) is 5.29. The van der Waals surface area contributed by atoms with Gasteiger partial charge in [0.05, 0.1) is 18.9 Å². The van der Waals surface area contributed by atoms with Crippen LogP contribution in [0.25, 0.3) is 11.3 Å². The molecule has 112 valence electrons. The maximum absolute atomic E-state index is 9.12. The monoisotopic (exact) mass is 288 g/mol. The maximum Gasteiger partial charge on any atom is 0.193 e. The molecule has 3 rings (SSSR count). The van der Waals surface area contributed by atoms with Crippen LogP contribution in [0.3, 0.4) is 0 Å². The molecule has 3 N–H and O–H groups in total. The summed E-state index contributed by atoms with van der Waals surface area (Å²) >= 11 is 0. The number of aromatic nitrogens is 1. The fraction of sp³-hybridized carbons (Fsp3) is 0.375. The van der Waals surface area contributed by atoms with Crippen LogP contribution in [0.1, 0.15) is 17.5 Å². The van der Waals surface area contributed by atoms with Gasteiger partial charge in [-0.2, -0.15) is 0 Å². The molecule has 21 heavy (non-hydrogen) atoms. The number of H-pyrrole nitrogens is 1. The first-order chi connectivity index (χ1) is 10.2. The summed E-state index contributed by atoms with van der Waals surface area (Å²) in [6.07, 6.45) is -1.46. The number of hydrogen-bond donors (Lipinski definition) is 3. The standard InChI is InChI=1S/C16H20N2O3/c19-16(20)15-6-5-14(17-15)13-3-1-12(2-4-13)11-18-7-9-21-10-8-18/h1-6,16-17,19-20H,7-11H2. The Bertz CT molecular complexity index is 571. The number of rotatable bonds is 4. The quantitative estimate of drug-likeness (QED) is 0.746. The van der Waals surface area contributed by atoms with Crippen LogP contribution in [0, 0.1) is 0 Å². The molecule has 2 aromatic rings. The lowest BCUT2D eigenvalue weighted by molar-refractivity contribution is -0.0454. The molecule has 0 spiro atoms. The van der Waals surface area contributed by atoms with Crippen LogP contribution in [0.2, 0.25) is 0 Å². The van der Waals surface area contributed by atoms with Gasteiger partial charge in [-0.3, -0.25) is 4.90 Å². The number of aromatic amines is 1. The Balaban J connectivity index is 1.68. The van der Waals surface area contributed by atoms with Crippen molar-refractivity contribution in [2.24, 2.45) is 0 Å². The average molecular weight is 288 g/mol. The number of benzene rings is 1. The molecule has 1 aliphatic rings. The van der Waals surface area contributed by atoms with Crippen LogP contribution in [0.5, 0.6) is 0 Å². The van der Waals surface area contributed by atoms with E-state index < -0.39 is 6.29 Å². The zero-order chi connectivity index (χ0) is 14.7. The van der Waals surface area contributed by atoms with Crippen LogP contribution in [0.4, 0.5) is 0 Å². The van der Waals surface area contributed by atoms with Crippen molar-refractivity contribution < 1.29 is 14.9 Å². The smallest absolute Gasteiger partial charge is 0.193 e. The molecular weight excluding hydrogens is 268 g/mol. The molecule has 0 aliphatic carbocycles. The SMILES string of the molecule is OC(O)c1ccc(-c2ccc(CN3CCOCC3)cc2)[nH]1. The van der Waals surface area contributed by atoms with Gasteiger partial charge in [-0.15, -0.1) is 0 Å². The van der Waals surface area contributed by atoms with Crippen molar-refractivity contribution in [3.8, 4) is 11.3 Å². The Hall–Kier alpha value is -1.66. The molecule has 0 radical (unpaired) electrons. The van der Waals surface area contributed by atoms with E-state index >= 15 is 0 Å². The van der Waals surface area contributed by atoms with E-state index in [1.807, 2.05) is 6.07 Å². The first-order valence-electron chi connectivity index (χ1n) is 7.17. The number of hydrogen-bond acceptors (Lipinski definition) is 4. The molecule has 5 nitrogen and oxygen atoms in total. The Labute approximate surface area is 123 Å². The molecule has 0 atom stereocenters. The van der Waals surface area contributed by atoms with Crippen LogP contribution in [-0.4, -0.2) is 46.4 Å². The number of aliphatic hydroxyl groups is 2. The largest absolute Gasteiger partial charge is 0.379 e. The van der Waals surface area contributed by atoms with Crippen molar-refractivity contribution in [2.45, 2.75) is 12.8 Å². The highest BCUT2D eigenvalue weighted by Crippen LogP contribution is 2.21. The van der Waals surface area contributed by atoms with Gasteiger partial charge < -0.3 is 19.9 Å². The third-order valence-corrected chi connectivity index (χ3v) is 3.76. The van der Waals surface area contributed by atoms with E-state index in [9.17, 15) is 0 Å². The van der Waals surface area contributed by atoms with E-state index in [0.29, 0.717) is 5.69 Å². The second-order valence-corrected chi connectivity index (χ2v) is 5.29. The van der Waals surface area contributed by atoms with Gasteiger partial charge in [0.15, 0.2) is 6.29 Å². The summed E-state index contributed by atoms with van der Waals surface area (Å²) in [5.41, 5.74) is 3.60. The molecule has 0 unspecified atom stereocenters. The van der Waals surface area contributed by atoms with E-state index in [1.54, 1.807) is 6.07 Å². The molecule has 0 saturated carbocycles. The van der Waals surface area contributed by atoms with E-state index in [1.165, 1.54) is 5.56 Å². The molecule has 1 aliphatic heterocycles. The van der Waals surface area contributed by atoms with Crippen molar-refractivity contribution in [3.63, 3.8) is 0 Å². The summed E-state index contributed by atoms with van der Waals surface area (Å²) in [7, 11) is 0. The molecule has 0 amide bonds. The topological polar surface area (TPSA) is 68.7 Å². The summed E-state index contributed by atoms with van der Waals surface area (Å²) in [6.45, 7) is 4.53. The summed E-state index contributed by atoms with van der Waals surface area (Å²) in [6, 6.07) is 11.9. The lowest BCUT2D eigenvalue weighted by atomic mass is 10.1. The van der Waals surface area contributed by atoms with Gasteiger partial charge in [0.2, 0.25) is 0 Å². The molecule has 1 fully saturated rings. The third kappa shape index (κ3) is 3.51. The van der Waals surface area contributed by atoms with Gasteiger partial charge in [0.1, 0.15) is 0 Å². The van der Waals surface area contributed by atoms with Gasteiger partial charge >= 0.3 is 0 Å². The first kappa shape index (κ1) is 14.3. The van der Waals surface area contributed by atoms with Crippen LogP contribution >= 0.6 is 0 Å². The number of morpholine rings is 1. The normalized spacial score (nSPS) is 16.5. The van der Waals surface area contributed by atoms with E-state index in [2.05, 4.69) is 34.1 Å². The maximum atomic E-state index is 9.12. The van der Waals surface area contributed by atoms with Crippen molar-refractivity contribution >= 4 is 0 Å². The van der Waals surface area contributed by atoms with Crippen molar-refractivity contribution in [3.05, 3.63) is 47.7 Å². The van der Waals surface area contributed by atoms with E-state index in [0.717, 1.165) is 44.1 Å². The zero-order valence-corrected chi connectivity index (χ0v) is 11.8. The van der Waals surface area contributed by atoms with Gasteiger partial charge in [-0.1, -0.05) is 24.3 Å². The Morgan fingerprint density at radius 1 is 1.05 bits per heavy atom. The summed E-state index contributed by atoms with van der Waals surface area (Å²) in [5, 5.41) is 18.2. The highest BCUT2D eigenvalue weighted by Gasteiger charge is 2.11. The minimum Gasteiger partial charge on any atom is -0.379 e. The minimum absolute atomic E-state index is 0.405. The summed E-state index contributed by atoms with van der Waals surface area (Å²) < 4.78 is 5.35. The van der Waals surface area contributed by atoms with Crippen molar-refractivity contribution in [1.29, 1.82) is 0 Å². The molecule has 2 heterocycles. The Kier molecular flexibility index (Phi) is 4.36. The molecule has 1 saturated heterocycles. The minimum atomic E-state index is -1.46. The van der Waals surface area contributed by atoms with Gasteiger partial charge in [-0.05, 0) is 23.3 Å². The third-order valence-electron chi connectivity index (χ3n) is 3.76. The first-order valence-corrected chi connectivity index (χ1v) is 7.17. The average Bonchev–Trinajstić information content (AvgIpc) is 2.99. The number of aliphatic hydroxyl groups excluding tert-OH is 1. The molecule has 0 bridgehead atoms. The highest BCUT2D eigenvalue weighted by molar-refractivity contribution is 5.60. The fourth-order valence-electron chi connectivity index (χ4n) is 2.54. The van der Waals surface area contributed by atoms with E-state index in [4.69, 9.17) is 14.9 Å². The number of nitrogens with one attached hydrogen (secondary N) is 1. The Morgan fingerprint density at radius 3 is 2.38 bits per heavy atom. The molecule has 5 heteroatoms. The van der Waals surface area contributed by atoms with Crippen molar-refractivity contribution in [2.75, 3.05) is 26.3 Å². The van der Waals surface area contributed by atoms with Crippen LogP contribution < -0.4 is 0 Å². The Morgan fingerprint density at radius 2 is 1.76 bits per heavy atom. The van der Waals surface area contributed by atoms with Gasteiger partial charge in [0.25, 0.3) is 0 Å². The summed E-state index contributed by atoms with van der Waals surface area (Å²) in [5.74, 6) is 0. The van der Waals surface area contributed by atoms with Gasteiger partial charge in [-0.25, -0.2) is 0 Å². The fourth-order valence-corrected chi connectivity index (χ4v) is 2.54. The summed E-state index contributed by atoms with van der Waals surface area (Å²) in [4.78, 5) is 5.39. The van der Waals surface area contributed by atoms with Crippen molar-refractivity contribution in [1.82, 2.24) is 9.88 Å². The number of nitrogens with zero attached hydrogens (tertiary/aromatic N) is 1. The predicted octanol–water partition coefficient (Wildman–Crippen LogP) is 1.50. The molecule has 1 aromatic carbocycles. The lowest BCUT2D eigenvalue weighted by Crippen LogP contribution is -2.35. The zero-order valence-electron chi connectivity index (χ0n) is 11.8. The van der Waals surface area contributed by atoms with E-state index in [-0.39, 0.29) is 0 Å². The highest BCUT2D eigenvalue weighted by atomic mass is 16.5. The molecule has 1 aromatic heterocycles.